The van der Waals surface area contributed by atoms with Crippen molar-refractivity contribution in [2.45, 2.75) is 0 Å². The van der Waals surface area contributed by atoms with Crippen LogP contribution < -0.4 is 14.9 Å². The minimum atomic E-state index is -0.522. The monoisotopic (exact) mass is 425 g/mol. The van der Waals surface area contributed by atoms with Crippen LogP contribution in [0, 0.1) is 10.1 Å². The van der Waals surface area contributed by atoms with E-state index in [1.165, 1.54) is 41.8 Å². The van der Waals surface area contributed by atoms with Crippen molar-refractivity contribution in [2.24, 2.45) is 5.10 Å². The first-order valence-corrected chi connectivity index (χ1v) is 9.44. The molecule has 0 saturated carbocycles. The molecule has 1 aromatic heterocycles. The fourth-order valence-electron chi connectivity index (χ4n) is 2.20. The standard InChI is InChI=1S/C20H15N3O6S/c24-19(13-28-16-9-5-15(6-10-16)23(26)27)22-21-12-14-3-7-17(8-4-14)29-20(25)18-2-1-11-30-18/h1-12H,13H2,(H,22,24). The number of ether oxygens (including phenoxy) is 2. The summed E-state index contributed by atoms with van der Waals surface area (Å²) in [6.07, 6.45) is 1.43. The second-order valence-electron chi connectivity index (χ2n) is 5.77. The SMILES string of the molecule is O=C(COc1ccc([N+](=O)[O-])cc1)NN=Cc1ccc(OC(=O)c2cccs2)cc1. The predicted molar refractivity (Wildman–Crippen MR) is 110 cm³/mol. The van der Waals surface area contributed by atoms with Crippen LogP contribution in [-0.2, 0) is 4.79 Å². The van der Waals surface area contributed by atoms with Crippen LogP contribution in [0.1, 0.15) is 15.2 Å². The molecule has 0 spiro atoms. The van der Waals surface area contributed by atoms with Crippen molar-refractivity contribution in [3.8, 4) is 11.5 Å². The van der Waals surface area contributed by atoms with Crippen LogP contribution in [-0.4, -0.2) is 29.6 Å². The molecule has 0 radical (unpaired) electrons. The summed E-state index contributed by atoms with van der Waals surface area (Å²) >= 11 is 1.30. The van der Waals surface area contributed by atoms with Gasteiger partial charge in [0.05, 0.1) is 11.1 Å². The molecule has 1 heterocycles. The lowest BCUT2D eigenvalue weighted by Gasteiger charge is -2.04. The minimum absolute atomic E-state index is 0.0660. The van der Waals surface area contributed by atoms with E-state index in [-0.39, 0.29) is 12.3 Å². The molecule has 152 valence electrons. The van der Waals surface area contributed by atoms with Crippen LogP contribution >= 0.6 is 11.3 Å². The molecule has 0 aliphatic heterocycles. The van der Waals surface area contributed by atoms with E-state index in [1.54, 1.807) is 41.8 Å². The highest BCUT2D eigenvalue weighted by molar-refractivity contribution is 7.12. The van der Waals surface area contributed by atoms with Crippen LogP contribution in [0.25, 0.3) is 0 Å². The van der Waals surface area contributed by atoms with Crippen molar-refractivity contribution in [3.05, 3.63) is 86.6 Å². The highest BCUT2D eigenvalue weighted by Gasteiger charge is 2.09. The number of nitrogens with zero attached hydrogens (tertiary/aromatic N) is 2. The topological polar surface area (TPSA) is 120 Å². The van der Waals surface area contributed by atoms with Crippen molar-refractivity contribution >= 4 is 35.1 Å². The summed E-state index contributed by atoms with van der Waals surface area (Å²) in [5.41, 5.74) is 2.93. The number of carbonyl (C=O) groups excluding carboxylic acids is 2. The molecule has 9 nitrogen and oxygen atoms in total. The summed E-state index contributed by atoms with van der Waals surface area (Å²) in [6, 6.07) is 15.4. The van der Waals surface area contributed by atoms with Gasteiger partial charge in [-0.05, 0) is 53.4 Å². The normalized spacial score (nSPS) is 10.5. The molecular formula is C20H15N3O6S. The Morgan fingerprint density at radius 3 is 2.40 bits per heavy atom. The summed E-state index contributed by atoms with van der Waals surface area (Å²) in [5, 5.41) is 16.2. The number of hydrazone groups is 1. The van der Waals surface area contributed by atoms with Gasteiger partial charge in [-0.25, -0.2) is 10.2 Å². The molecule has 2 aromatic carbocycles. The summed E-state index contributed by atoms with van der Waals surface area (Å²) in [6.45, 7) is -0.299. The summed E-state index contributed by atoms with van der Waals surface area (Å²) in [4.78, 5) is 34.2. The Balaban J connectivity index is 1.43. The number of carbonyl (C=O) groups is 2. The third-order valence-electron chi connectivity index (χ3n) is 3.63. The van der Waals surface area contributed by atoms with Gasteiger partial charge in [0.15, 0.2) is 6.61 Å². The molecule has 0 unspecified atom stereocenters. The number of esters is 1. The number of benzene rings is 2. The maximum atomic E-state index is 11.9. The van der Waals surface area contributed by atoms with Gasteiger partial charge in [-0.2, -0.15) is 5.10 Å². The van der Waals surface area contributed by atoms with Crippen LogP contribution in [0.5, 0.6) is 11.5 Å². The van der Waals surface area contributed by atoms with E-state index in [2.05, 4.69) is 10.5 Å². The molecule has 0 aliphatic carbocycles. The number of hydrogen-bond donors (Lipinski definition) is 1. The number of thiophene rings is 1. The number of hydrogen-bond acceptors (Lipinski definition) is 8. The smallest absolute Gasteiger partial charge is 0.353 e. The number of nitrogens with one attached hydrogen (secondary N) is 1. The molecule has 3 aromatic rings. The molecule has 0 aliphatic rings. The maximum Gasteiger partial charge on any atom is 0.353 e. The number of non-ortho nitro benzene ring substituents is 1. The van der Waals surface area contributed by atoms with Crippen molar-refractivity contribution in [1.29, 1.82) is 0 Å². The average Bonchev–Trinajstić information content (AvgIpc) is 3.29. The van der Waals surface area contributed by atoms with Crippen LogP contribution in [0.15, 0.2) is 71.1 Å². The predicted octanol–water partition coefficient (Wildman–Crippen LogP) is 3.40. The molecule has 3 rings (SSSR count). The van der Waals surface area contributed by atoms with Gasteiger partial charge in [-0.15, -0.1) is 11.3 Å². The Morgan fingerprint density at radius 2 is 1.77 bits per heavy atom. The largest absolute Gasteiger partial charge is 0.484 e. The molecule has 0 bridgehead atoms. The van der Waals surface area contributed by atoms with E-state index in [0.717, 1.165) is 0 Å². The Bertz CT molecular complexity index is 1050. The first kappa shape index (κ1) is 20.7. The third kappa shape index (κ3) is 5.97. The van der Waals surface area contributed by atoms with E-state index in [1.807, 2.05) is 0 Å². The Labute approximate surface area is 174 Å². The van der Waals surface area contributed by atoms with E-state index < -0.39 is 16.8 Å². The summed E-state index contributed by atoms with van der Waals surface area (Å²) < 4.78 is 10.5. The van der Waals surface area contributed by atoms with E-state index >= 15 is 0 Å². The Kier molecular flexibility index (Phi) is 6.85. The lowest BCUT2D eigenvalue weighted by molar-refractivity contribution is -0.384. The van der Waals surface area contributed by atoms with Crippen molar-refractivity contribution in [3.63, 3.8) is 0 Å². The van der Waals surface area contributed by atoms with Crippen molar-refractivity contribution in [2.75, 3.05) is 6.61 Å². The highest BCUT2D eigenvalue weighted by Crippen LogP contribution is 2.17. The van der Waals surface area contributed by atoms with Crippen molar-refractivity contribution in [1.82, 2.24) is 5.43 Å². The summed E-state index contributed by atoms with van der Waals surface area (Å²) in [7, 11) is 0. The second-order valence-corrected chi connectivity index (χ2v) is 6.72. The van der Waals surface area contributed by atoms with Crippen LogP contribution in [0.2, 0.25) is 0 Å². The first-order chi connectivity index (χ1) is 14.5. The number of nitro benzene ring substituents is 1. The molecule has 0 saturated heterocycles. The van der Waals surface area contributed by atoms with Gasteiger partial charge in [0, 0.05) is 12.1 Å². The molecule has 1 amide bonds. The highest BCUT2D eigenvalue weighted by atomic mass is 32.1. The molecule has 30 heavy (non-hydrogen) atoms. The number of amides is 1. The second kappa shape index (κ2) is 9.94. The fourth-order valence-corrected chi connectivity index (χ4v) is 2.80. The first-order valence-electron chi connectivity index (χ1n) is 8.56. The molecule has 1 N–H and O–H groups in total. The lowest BCUT2D eigenvalue weighted by Crippen LogP contribution is -2.24. The molecule has 0 fully saturated rings. The van der Waals surface area contributed by atoms with Crippen LogP contribution in [0.4, 0.5) is 5.69 Å². The van der Waals surface area contributed by atoms with Gasteiger partial charge in [0.1, 0.15) is 16.4 Å². The maximum absolute atomic E-state index is 11.9. The van der Waals surface area contributed by atoms with Gasteiger partial charge in [-0.3, -0.25) is 14.9 Å². The Hall–Kier alpha value is -4.05. The van der Waals surface area contributed by atoms with E-state index in [9.17, 15) is 19.7 Å². The molecule has 0 atom stereocenters. The van der Waals surface area contributed by atoms with Gasteiger partial charge < -0.3 is 9.47 Å². The molecular weight excluding hydrogens is 410 g/mol. The number of rotatable bonds is 8. The fraction of sp³-hybridized carbons (Fsp3) is 0.0500. The lowest BCUT2D eigenvalue weighted by atomic mass is 10.2. The van der Waals surface area contributed by atoms with E-state index in [0.29, 0.717) is 21.9 Å². The molecule has 10 heteroatoms. The van der Waals surface area contributed by atoms with Crippen molar-refractivity contribution < 1.29 is 24.0 Å². The van der Waals surface area contributed by atoms with Gasteiger partial charge in [-0.1, -0.05) is 6.07 Å². The van der Waals surface area contributed by atoms with Gasteiger partial charge >= 0.3 is 5.97 Å². The average molecular weight is 425 g/mol. The zero-order valence-corrected chi connectivity index (χ0v) is 16.2. The van der Waals surface area contributed by atoms with Gasteiger partial charge in [0.2, 0.25) is 0 Å². The van der Waals surface area contributed by atoms with Crippen LogP contribution in [0.3, 0.4) is 0 Å². The third-order valence-corrected chi connectivity index (χ3v) is 4.48. The zero-order valence-electron chi connectivity index (χ0n) is 15.4. The minimum Gasteiger partial charge on any atom is -0.484 e. The quantitative estimate of drug-likeness (QED) is 0.194. The Morgan fingerprint density at radius 1 is 1.07 bits per heavy atom. The zero-order chi connectivity index (χ0) is 21.3. The summed E-state index contributed by atoms with van der Waals surface area (Å²) in [5.74, 6) is -0.198. The van der Waals surface area contributed by atoms with Gasteiger partial charge in [0.25, 0.3) is 11.6 Å². The van der Waals surface area contributed by atoms with E-state index in [4.69, 9.17) is 9.47 Å². The number of nitro groups is 1.